The molecule has 1 fully saturated rings. The highest BCUT2D eigenvalue weighted by molar-refractivity contribution is 6.01. The van der Waals surface area contributed by atoms with Gasteiger partial charge < -0.3 is 11.1 Å². The standard InChI is InChI=1S/C11H12FN3O2/c12-6-2-1-3-7(13)10(6)14-8-4-5-9(16)15-11(8)17/h1-3,8,14H,4-5,13H2,(H,15,16,17). The summed E-state index contributed by atoms with van der Waals surface area (Å²) in [6.07, 6.45) is 0.566. The van der Waals surface area contributed by atoms with E-state index in [1.54, 1.807) is 0 Å². The van der Waals surface area contributed by atoms with Gasteiger partial charge in [-0.1, -0.05) is 6.07 Å². The molecule has 1 aromatic carbocycles. The third-order valence-corrected chi connectivity index (χ3v) is 2.60. The minimum atomic E-state index is -0.633. The van der Waals surface area contributed by atoms with Crippen LogP contribution in [-0.4, -0.2) is 17.9 Å². The fourth-order valence-electron chi connectivity index (χ4n) is 1.70. The number of carbonyl (C=O) groups is 2. The molecular weight excluding hydrogens is 225 g/mol. The summed E-state index contributed by atoms with van der Waals surface area (Å²) in [4.78, 5) is 22.4. The Labute approximate surface area is 97.2 Å². The molecule has 1 aliphatic heterocycles. The Hall–Kier alpha value is -2.11. The van der Waals surface area contributed by atoms with Gasteiger partial charge in [-0.2, -0.15) is 0 Å². The highest BCUT2D eigenvalue weighted by Crippen LogP contribution is 2.24. The summed E-state index contributed by atoms with van der Waals surface area (Å²) in [6, 6.07) is 3.65. The molecule has 17 heavy (non-hydrogen) atoms. The van der Waals surface area contributed by atoms with Gasteiger partial charge in [0.05, 0.1) is 11.4 Å². The Kier molecular flexibility index (Phi) is 2.95. The number of piperidine rings is 1. The van der Waals surface area contributed by atoms with Gasteiger partial charge in [0.2, 0.25) is 11.8 Å². The SMILES string of the molecule is Nc1cccc(F)c1NC1CCC(=O)NC1=O. The molecule has 4 N–H and O–H groups in total. The highest BCUT2D eigenvalue weighted by atomic mass is 19.1. The topological polar surface area (TPSA) is 84.2 Å². The predicted molar refractivity (Wildman–Crippen MR) is 60.6 cm³/mol. The molecule has 0 aliphatic carbocycles. The summed E-state index contributed by atoms with van der Waals surface area (Å²) >= 11 is 0. The molecule has 1 aliphatic rings. The first-order valence-corrected chi connectivity index (χ1v) is 5.22. The summed E-state index contributed by atoms with van der Waals surface area (Å²) in [7, 11) is 0. The Bertz CT molecular complexity index is 456. The third kappa shape index (κ3) is 2.35. The second-order valence-electron chi connectivity index (χ2n) is 3.85. The van der Waals surface area contributed by atoms with E-state index in [-0.39, 0.29) is 23.7 Å². The van der Waals surface area contributed by atoms with Crippen LogP contribution in [0.4, 0.5) is 15.8 Å². The van der Waals surface area contributed by atoms with Crippen molar-refractivity contribution in [3.8, 4) is 0 Å². The monoisotopic (exact) mass is 237 g/mol. The Morgan fingerprint density at radius 2 is 2.18 bits per heavy atom. The first-order valence-electron chi connectivity index (χ1n) is 5.22. The van der Waals surface area contributed by atoms with Crippen molar-refractivity contribution in [2.24, 2.45) is 0 Å². The third-order valence-electron chi connectivity index (χ3n) is 2.60. The van der Waals surface area contributed by atoms with Crippen molar-refractivity contribution in [3.63, 3.8) is 0 Å². The number of amides is 2. The van der Waals surface area contributed by atoms with Gasteiger partial charge in [0.1, 0.15) is 11.9 Å². The number of benzene rings is 1. The fourth-order valence-corrected chi connectivity index (χ4v) is 1.70. The first-order chi connectivity index (χ1) is 8.08. The van der Waals surface area contributed by atoms with Gasteiger partial charge in [-0.3, -0.25) is 14.9 Å². The van der Waals surface area contributed by atoms with Crippen molar-refractivity contribution in [1.29, 1.82) is 0 Å². The minimum Gasteiger partial charge on any atom is -0.397 e. The van der Waals surface area contributed by atoms with E-state index in [1.165, 1.54) is 18.2 Å². The van der Waals surface area contributed by atoms with E-state index in [1.807, 2.05) is 0 Å². The average molecular weight is 237 g/mol. The maximum atomic E-state index is 13.5. The van der Waals surface area contributed by atoms with E-state index >= 15 is 0 Å². The highest BCUT2D eigenvalue weighted by Gasteiger charge is 2.27. The number of para-hydroxylation sites is 1. The number of carbonyl (C=O) groups excluding carboxylic acids is 2. The van der Waals surface area contributed by atoms with Crippen molar-refractivity contribution in [1.82, 2.24) is 5.32 Å². The number of anilines is 2. The van der Waals surface area contributed by atoms with Gasteiger partial charge >= 0.3 is 0 Å². The molecule has 0 radical (unpaired) electrons. The number of hydrogen-bond donors (Lipinski definition) is 3. The summed E-state index contributed by atoms with van der Waals surface area (Å²) in [5.41, 5.74) is 5.94. The molecule has 2 amide bonds. The summed E-state index contributed by atoms with van der Waals surface area (Å²) in [6.45, 7) is 0. The Morgan fingerprint density at radius 3 is 2.82 bits per heavy atom. The van der Waals surface area contributed by atoms with Crippen LogP contribution in [0.1, 0.15) is 12.8 Å². The van der Waals surface area contributed by atoms with Crippen LogP contribution in [0.15, 0.2) is 18.2 Å². The molecule has 5 nitrogen and oxygen atoms in total. The van der Waals surface area contributed by atoms with E-state index < -0.39 is 17.8 Å². The average Bonchev–Trinajstić information content (AvgIpc) is 2.26. The molecule has 90 valence electrons. The number of rotatable bonds is 2. The molecule has 0 aromatic heterocycles. The van der Waals surface area contributed by atoms with Gasteiger partial charge in [-0.15, -0.1) is 0 Å². The number of nitrogens with one attached hydrogen (secondary N) is 2. The van der Waals surface area contributed by atoms with E-state index in [0.717, 1.165) is 0 Å². The lowest BCUT2D eigenvalue weighted by Crippen LogP contribution is -2.47. The molecule has 1 aromatic rings. The van der Waals surface area contributed by atoms with E-state index in [9.17, 15) is 14.0 Å². The van der Waals surface area contributed by atoms with Crippen LogP contribution < -0.4 is 16.4 Å². The van der Waals surface area contributed by atoms with Gasteiger partial charge in [0.25, 0.3) is 0 Å². The number of hydrogen-bond acceptors (Lipinski definition) is 4. The summed E-state index contributed by atoms with van der Waals surface area (Å²) in [5.74, 6) is -1.28. The number of halogens is 1. The van der Waals surface area contributed by atoms with Crippen LogP contribution in [-0.2, 0) is 9.59 Å². The maximum Gasteiger partial charge on any atom is 0.249 e. The lowest BCUT2D eigenvalue weighted by molar-refractivity contribution is -0.133. The van der Waals surface area contributed by atoms with Gasteiger partial charge in [-0.05, 0) is 18.6 Å². The normalized spacial score (nSPS) is 19.9. The zero-order valence-electron chi connectivity index (χ0n) is 9.00. The van der Waals surface area contributed by atoms with Gasteiger partial charge in [0.15, 0.2) is 0 Å². The lowest BCUT2D eigenvalue weighted by atomic mass is 10.1. The predicted octanol–water partition coefficient (Wildman–Crippen LogP) is 0.625. The number of nitrogens with two attached hydrogens (primary N) is 1. The second-order valence-corrected chi connectivity index (χ2v) is 3.85. The molecule has 0 saturated carbocycles. The zero-order valence-corrected chi connectivity index (χ0v) is 9.00. The van der Waals surface area contributed by atoms with Crippen LogP contribution >= 0.6 is 0 Å². The Balaban J connectivity index is 2.16. The van der Waals surface area contributed by atoms with Crippen LogP contribution in [0.2, 0.25) is 0 Å². The molecule has 2 rings (SSSR count). The van der Waals surface area contributed by atoms with Crippen molar-refractivity contribution in [2.45, 2.75) is 18.9 Å². The number of imide groups is 1. The van der Waals surface area contributed by atoms with Crippen LogP contribution in [0.25, 0.3) is 0 Å². The van der Waals surface area contributed by atoms with Crippen LogP contribution in [0.3, 0.4) is 0 Å². The minimum absolute atomic E-state index is 0.0991. The molecule has 6 heteroatoms. The summed E-state index contributed by atoms with van der Waals surface area (Å²) < 4.78 is 13.5. The summed E-state index contributed by atoms with van der Waals surface area (Å²) in [5, 5.41) is 4.91. The van der Waals surface area contributed by atoms with E-state index in [4.69, 9.17) is 5.73 Å². The van der Waals surface area contributed by atoms with Crippen molar-refractivity contribution in [3.05, 3.63) is 24.0 Å². The zero-order chi connectivity index (χ0) is 12.4. The second kappa shape index (κ2) is 4.40. The molecule has 1 unspecified atom stereocenters. The quantitative estimate of drug-likeness (QED) is 0.520. The Morgan fingerprint density at radius 1 is 1.41 bits per heavy atom. The molecule has 1 atom stereocenters. The molecule has 0 bridgehead atoms. The fraction of sp³-hybridized carbons (Fsp3) is 0.273. The number of nitrogen functional groups attached to an aromatic ring is 1. The van der Waals surface area contributed by atoms with Crippen molar-refractivity contribution in [2.75, 3.05) is 11.1 Å². The first kappa shape index (κ1) is 11.4. The van der Waals surface area contributed by atoms with Crippen molar-refractivity contribution >= 4 is 23.2 Å². The van der Waals surface area contributed by atoms with E-state index in [2.05, 4.69) is 10.6 Å². The van der Waals surface area contributed by atoms with Crippen LogP contribution in [0, 0.1) is 5.82 Å². The molecular formula is C11H12FN3O2. The van der Waals surface area contributed by atoms with Crippen LogP contribution in [0.5, 0.6) is 0 Å². The van der Waals surface area contributed by atoms with Gasteiger partial charge in [-0.25, -0.2) is 4.39 Å². The van der Waals surface area contributed by atoms with Gasteiger partial charge in [0, 0.05) is 6.42 Å². The molecule has 0 spiro atoms. The van der Waals surface area contributed by atoms with E-state index in [0.29, 0.717) is 6.42 Å². The van der Waals surface area contributed by atoms with Crippen molar-refractivity contribution < 1.29 is 14.0 Å². The molecule has 1 saturated heterocycles. The molecule has 1 heterocycles. The smallest absolute Gasteiger partial charge is 0.249 e. The largest absolute Gasteiger partial charge is 0.397 e. The lowest BCUT2D eigenvalue weighted by Gasteiger charge is -2.23. The maximum absolute atomic E-state index is 13.5.